The lowest BCUT2D eigenvalue weighted by Crippen LogP contribution is -2.56. The maximum Gasteiger partial charge on any atom is 0.438 e. The molecule has 0 radical (unpaired) electrons. The standard InChI is InChI=1S/C20H14F3N3O2/c21-20(22,23)19(28)10-11-24-26(19)18(27)15-12-17(13-6-2-1-3-7-13)25-16-9-5-4-8-14(15)16/h1-9,11-12,28H,10H2/t19-/m1/s1. The molecule has 2 aromatic carbocycles. The predicted octanol–water partition coefficient (Wildman–Crippen LogP) is 3.98. The molecular formula is C20H14F3N3O2. The van der Waals surface area contributed by atoms with Crippen LogP contribution in [0.4, 0.5) is 13.2 Å². The van der Waals surface area contributed by atoms with E-state index in [9.17, 15) is 23.1 Å². The average molecular weight is 385 g/mol. The van der Waals surface area contributed by atoms with Gasteiger partial charge in [0.25, 0.3) is 11.6 Å². The third-order valence-corrected chi connectivity index (χ3v) is 4.59. The van der Waals surface area contributed by atoms with Crippen LogP contribution in [0.5, 0.6) is 0 Å². The first kappa shape index (κ1) is 18.1. The topological polar surface area (TPSA) is 65.8 Å². The zero-order valence-corrected chi connectivity index (χ0v) is 14.4. The van der Waals surface area contributed by atoms with Crippen LogP contribution in [0.3, 0.4) is 0 Å². The van der Waals surface area contributed by atoms with Gasteiger partial charge in [0.05, 0.1) is 16.8 Å². The van der Waals surface area contributed by atoms with E-state index < -0.39 is 24.2 Å². The maximum atomic E-state index is 13.4. The van der Waals surface area contributed by atoms with Crippen LogP contribution in [0.25, 0.3) is 22.2 Å². The second-order valence-electron chi connectivity index (χ2n) is 6.37. The number of aliphatic hydroxyl groups is 1. The highest BCUT2D eigenvalue weighted by Gasteiger charge is 2.61. The Hall–Kier alpha value is -3.26. The second-order valence-corrected chi connectivity index (χ2v) is 6.37. The lowest BCUT2D eigenvalue weighted by molar-refractivity contribution is -0.297. The van der Waals surface area contributed by atoms with Crippen molar-refractivity contribution in [3.63, 3.8) is 0 Å². The Labute approximate surface area is 157 Å². The van der Waals surface area contributed by atoms with Gasteiger partial charge in [-0.25, -0.2) is 4.98 Å². The molecule has 1 aliphatic heterocycles. The van der Waals surface area contributed by atoms with E-state index in [-0.39, 0.29) is 10.6 Å². The molecule has 0 spiro atoms. The van der Waals surface area contributed by atoms with E-state index in [0.717, 1.165) is 6.21 Å². The fraction of sp³-hybridized carbons (Fsp3) is 0.150. The number of nitrogens with zero attached hydrogens (tertiary/aromatic N) is 3. The van der Waals surface area contributed by atoms with Crippen molar-refractivity contribution < 1.29 is 23.1 Å². The van der Waals surface area contributed by atoms with Gasteiger partial charge in [-0.3, -0.25) is 4.79 Å². The zero-order valence-electron chi connectivity index (χ0n) is 14.4. The molecule has 0 unspecified atom stereocenters. The van der Waals surface area contributed by atoms with Crippen molar-refractivity contribution >= 4 is 23.0 Å². The number of carbonyl (C=O) groups is 1. The number of amides is 1. The number of aromatic nitrogens is 1. The van der Waals surface area contributed by atoms with Crippen molar-refractivity contribution in [2.45, 2.75) is 18.3 Å². The van der Waals surface area contributed by atoms with E-state index in [1.807, 2.05) is 6.07 Å². The Morgan fingerprint density at radius 1 is 1.07 bits per heavy atom. The van der Waals surface area contributed by atoms with Gasteiger partial charge >= 0.3 is 6.18 Å². The van der Waals surface area contributed by atoms with Crippen LogP contribution >= 0.6 is 0 Å². The van der Waals surface area contributed by atoms with E-state index in [1.165, 1.54) is 6.07 Å². The summed E-state index contributed by atoms with van der Waals surface area (Å²) in [5.74, 6) is -1.05. The lowest BCUT2D eigenvalue weighted by atomic mass is 10.0. The first-order valence-corrected chi connectivity index (χ1v) is 8.42. The van der Waals surface area contributed by atoms with Crippen molar-refractivity contribution in [1.29, 1.82) is 0 Å². The van der Waals surface area contributed by atoms with E-state index in [4.69, 9.17) is 0 Å². The third kappa shape index (κ3) is 2.82. The summed E-state index contributed by atoms with van der Waals surface area (Å²) < 4.78 is 40.2. The van der Waals surface area contributed by atoms with Crippen molar-refractivity contribution in [2.75, 3.05) is 0 Å². The maximum absolute atomic E-state index is 13.4. The van der Waals surface area contributed by atoms with E-state index in [0.29, 0.717) is 22.2 Å². The first-order valence-electron chi connectivity index (χ1n) is 8.42. The highest BCUT2D eigenvalue weighted by molar-refractivity contribution is 6.07. The van der Waals surface area contributed by atoms with Crippen LogP contribution in [0.1, 0.15) is 16.8 Å². The second kappa shape index (κ2) is 6.42. The number of fused-ring (bicyclic) bond motifs is 1. The summed E-state index contributed by atoms with van der Waals surface area (Å²) in [5.41, 5.74) is -1.81. The molecule has 3 aromatic rings. The summed E-state index contributed by atoms with van der Waals surface area (Å²) in [4.78, 5) is 17.5. The number of halogens is 3. The minimum atomic E-state index is -5.05. The Kier molecular flexibility index (Phi) is 4.15. The van der Waals surface area contributed by atoms with Gasteiger partial charge in [0.2, 0.25) is 0 Å². The largest absolute Gasteiger partial charge is 0.438 e. The fourth-order valence-electron chi connectivity index (χ4n) is 3.11. The molecule has 1 aliphatic rings. The Bertz CT molecular complexity index is 1080. The summed E-state index contributed by atoms with van der Waals surface area (Å²) in [6, 6.07) is 17.0. The number of hydrogen-bond acceptors (Lipinski definition) is 4. The van der Waals surface area contributed by atoms with Crippen molar-refractivity contribution in [3.05, 3.63) is 66.2 Å². The molecule has 1 atom stereocenters. The quantitative estimate of drug-likeness (QED) is 0.726. The van der Waals surface area contributed by atoms with Gasteiger partial charge in [-0.05, 0) is 12.1 Å². The molecule has 8 heteroatoms. The van der Waals surface area contributed by atoms with Gasteiger partial charge in [0, 0.05) is 23.6 Å². The molecule has 1 aromatic heterocycles. The van der Waals surface area contributed by atoms with Gasteiger partial charge < -0.3 is 5.11 Å². The van der Waals surface area contributed by atoms with Crippen LogP contribution in [-0.4, -0.2) is 39.1 Å². The van der Waals surface area contributed by atoms with Crippen LogP contribution in [0, 0.1) is 0 Å². The number of hydrazone groups is 1. The summed E-state index contributed by atoms with van der Waals surface area (Å²) >= 11 is 0. The van der Waals surface area contributed by atoms with Crippen molar-refractivity contribution in [3.8, 4) is 11.3 Å². The van der Waals surface area contributed by atoms with Gasteiger partial charge in [0.15, 0.2) is 0 Å². The summed E-state index contributed by atoms with van der Waals surface area (Å²) in [6.45, 7) is 0. The average Bonchev–Trinajstić information content (AvgIpc) is 3.10. The number of rotatable bonds is 2. The molecule has 0 aliphatic carbocycles. The lowest BCUT2D eigenvalue weighted by Gasteiger charge is -2.32. The molecular weight excluding hydrogens is 371 g/mol. The molecule has 2 heterocycles. The zero-order chi connectivity index (χ0) is 19.9. The van der Waals surface area contributed by atoms with Gasteiger partial charge in [-0.1, -0.05) is 48.5 Å². The molecule has 0 bridgehead atoms. The van der Waals surface area contributed by atoms with Gasteiger partial charge in [-0.2, -0.15) is 23.3 Å². The number of carbonyl (C=O) groups excluding carboxylic acids is 1. The minimum Gasteiger partial charge on any atom is -0.362 e. The number of benzene rings is 2. The molecule has 0 saturated heterocycles. The van der Waals surface area contributed by atoms with Crippen molar-refractivity contribution in [2.24, 2.45) is 5.10 Å². The molecule has 0 fully saturated rings. The highest BCUT2D eigenvalue weighted by Crippen LogP contribution is 2.40. The highest BCUT2D eigenvalue weighted by atomic mass is 19.4. The van der Waals surface area contributed by atoms with Gasteiger partial charge in [-0.15, -0.1) is 0 Å². The van der Waals surface area contributed by atoms with Crippen LogP contribution in [0.15, 0.2) is 65.8 Å². The monoisotopic (exact) mass is 385 g/mol. The van der Waals surface area contributed by atoms with E-state index >= 15 is 0 Å². The van der Waals surface area contributed by atoms with Crippen LogP contribution < -0.4 is 0 Å². The molecule has 28 heavy (non-hydrogen) atoms. The van der Waals surface area contributed by atoms with Crippen LogP contribution in [-0.2, 0) is 0 Å². The SMILES string of the molecule is O=C(c1cc(-c2ccccc2)nc2ccccc12)N1N=CC[C@@]1(O)C(F)(F)F. The number of para-hydroxylation sites is 1. The molecule has 142 valence electrons. The summed E-state index contributed by atoms with van der Waals surface area (Å²) in [6.07, 6.45) is -4.99. The molecule has 1 N–H and O–H groups in total. The van der Waals surface area contributed by atoms with Gasteiger partial charge in [0.1, 0.15) is 0 Å². The summed E-state index contributed by atoms with van der Waals surface area (Å²) in [7, 11) is 0. The fourth-order valence-corrected chi connectivity index (χ4v) is 3.11. The Morgan fingerprint density at radius 3 is 2.46 bits per heavy atom. The molecule has 0 saturated carbocycles. The Balaban J connectivity index is 1.88. The normalized spacial score (nSPS) is 19.4. The molecule has 4 rings (SSSR count). The minimum absolute atomic E-state index is 0.0221. The third-order valence-electron chi connectivity index (χ3n) is 4.59. The number of pyridine rings is 1. The molecule has 1 amide bonds. The number of hydrogen-bond donors (Lipinski definition) is 1. The summed E-state index contributed by atoms with van der Waals surface area (Å²) in [5, 5.41) is 14.1. The van der Waals surface area contributed by atoms with Crippen molar-refractivity contribution in [1.82, 2.24) is 9.99 Å². The molecule has 5 nitrogen and oxygen atoms in total. The van der Waals surface area contributed by atoms with E-state index in [2.05, 4.69) is 10.1 Å². The smallest absolute Gasteiger partial charge is 0.362 e. The predicted molar refractivity (Wildman–Crippen MR) is 97.5 cm³/mol. The first-order chi connectivity index (χ1) is 13.3. The van der Waals surface area contributed by atoms with E-state index in [1.54, 1.807) is 48.5 Å². The Morgan fingerprint density at radius 2 is 1.75 bits per heavy atom. The van der Waals surface area contributed by atoms with Crippen LogP contribution in [0.2, 0.25) is 0 Å². The number of alkyl halides is 3.